The smallest absolute Gasteiger partial charge is 0.325 e. The van der Waals surface area contributed by atoms with E-state index in [1.54, 1.807) is 0 Å². The van der Waals surface area contributed by atoms with Crippen molar-refractivity contribution in [2.24, 2.45) is 0 Å². The molecule has 0 spiro atoms. The van der Waals surface area contributed by atoms with Gasteiger partial charge in [-0.15, -0.1) is 6.58 Å². The van der Waals surface area contributed by atoms with E-state index in [1.807, 2.05) is 6.08 Å². The lowest BCUT2D eigenvalue weighted by Crippen LogP contribution is -2.50. The Kier molecular flexibility index (Phi) is 6.89. The maximum absolute atomic E-state index is 11.6. The molecule has 0 aromatic rings. The highest BCUT2D eigenvalue weighted by Crippen LogP contribution is 2.11. The van der Waals surface area contributed by atoms with Crippen molar-refractivity contribution in [1.82, 2.24) is 4.90 Å². The number of hydrogen-bond donors (Lipinski definition) is 0. The summed E-state index contributed by atoms with van der Waals surface area (Å²) in [7, 11) is 1.43. The van der Waals surface area contributed by atoms with Crippen molar-refractivity contribution in [3.05, 3.63) is 12.7 Å². The molecular formula is C13H23NO3. The molecule has 0 aromatic carbocycles. The Hall–Kier alpha value is -0.870. The van der Waals surface area contributed by atoms with E-state index in [0.29, 0.717) is 13.2 Å². The van der Waals surface area contributed by atoms with Gasteiger partial charge >= 0.3 is 5.97 Å². The van der Waals surface area contributed by atoms with Gasteiger partial charge in [0.25, 0.3) is 0 Å². The number of ether oxygens (including phenoxy) is 2. The second kappa shape index (κ2) is 8.25. The van der Waals surface area contributed by atoms with Crippen molar-refractivity contribution in [3.8, 4) is 0 Å². The highest BCUT2D eigenvalue weighted by molar-refractivity contribution is 5.75. The first-order valence-electron chi connectivity index (χ1n) is 6.30. The van der Waals surface area contributed by atoms with Crippen LogP contribution in [-0.4, -0.2) is 50.3 Å². The van der Waals surface area contributed by atoms with Crippen LogP contribution in [0.25, 0.3) is 0 Å². The monoisotopic (exact) mass is 241 g/mol. The quantitative estimate of drug-likeness (QED) is 0.385. The molecule has 1 aliphatic rings. The molecule has 98 valence electrons. The zero-order valence-electron chi connectivity index (χ0n) is 10.7. The molecule has 1 aliphatic heterocycles. The Balaban J connectivity index is 2.27. The Bertz CT molecular complexity index is 243. The lowest BCUT2D eigenvalue weighted by molar-refractivity contribution is -0.153. The Morgan fingerprint density at radius 2 is 2.35 bits per heavy atom. The van der Waals surface area contributed by atoms with Crippen LogP contribution < -0.4 is 0 Å². The molecule has 0 bridgehead atoms. The number of carbonyl (C=O) groups excluding carboxylic acids is 1. The normalized spacial score (nSPS) is 21.1. The van der Waals surface area contributed by atoms with Crippen LogP contribution in [0.2, 0.25) is 0 Å². The molecule has 1 unspecified atom stereocenters. The van der Waals surface area contributed by atoms with Gasteiger partial charge in [0.1, 0.15) is 6.04 Å². The molecule has 1 heterocycles. The number of allylic oxidation sites excluding steroid dienone is 1. The molecule has 1 saturated heterocycles. The summed E-state index contributed by atoms with van der Waals surface area (Å²) in [4.78, 5) is 13.7. The van der Waals surface area contributed by atoms with Crippen molar-refractivity contribution in [3.63, 3.8) is 0 Å². The van der Waals surface area contributed by atoms with Gasteiger partial charge in [-0.1, -0.05) is 12.5 Å². The van der Waals surface area contributed by atoms with E-state index < -0.39 is 0 Å². The summed E-state index contributed by atoms with van der Waals surface area (Å²) in [5.41, 5.74) is 0. The van der Waals surface area contributed by atoms with E-state index in [1.165, 1.54) is 20.0 Å². The number of carbonyl (C=O) groups is 1. The SMILES string of the molecule is C=CCCCCCN1CCOCC1C(=O)OC. The first-order chi connectivity index (χ1) is 8.29. The largest absolute Gasteiger partial charge is 0.468 e. The maximum atomic E-state index is 11.6. The van der Waals surface area contributed by atoms with E-state index in [-0.39, 0.29) is 12.0 Å². The molecule has 0 aromatic heterocycles. The number of methoxy groups -OCH3 is 1. The van der Waals surface area contributed by atoms with E-state index in [4.69, 9.17) is 9.47 Å². The van der Waals surface area contributed by atoms with Crippen molar-refractivity contribution in [2.75, 3.05) is 33.4 Å². The fourth-order valence-corrected chi connectivity index (χ4v) is 2.04. The third-order valence-electron chi connectivity index (χ3n) is 3.07. The number of rotatable bonds is 7. The molecule has 0 saturated carbocycles. The zero-order chi connectivity index (χ0) is 12.5. The molecule has 0 amide bonds. The molecule has 0 aliphatic carbocycles. The summed E-state index contributed by atoms with van der Waals surface area (Å²) in [6.07, 6.45) is 6.49. The van der Waals surface area contributed by atoms with Gasteiger partial charge in [-0.2, -0.15) is 0 Å². The van der Waals surface area contributed by atoms with E-state index in [9.17, 15) is 4.79 Å². The lowest BCUT2D eigenvalue weighted by Gasteiger charge is -2.33. The third-order valence-corrected chi connectivity index (χ3v) is 3.07. The summed E-state index contributed by atoms with van der Waals surface area (Å²) in [6.45, 7) is 6.64. The standard InChI is InChI=1S/C13H23NO3/c1-3-4-5-6-7-8-14-9-10-17-11-12(14)13(15)16-2/h3,12H,1,4-11H2,2H3. The number of esters is 1. The van der Waals surface area contributed by atoms with Crippen LogP contribution in [0.3, 0.4) is 0 Å². The molecule has 4 heteroatoms. The van der Waals surface area contributed by atoms with Gasteiger partial charge in [0.15, 0.2) is 0 Å². The predicted octanol–water partition coefficient (Wildman–Crippen LogP) is 1.61. The summed E-state index contributed by atoms with van der Waals surface area (Å²) >= 11 is 0. The second-order valence-electron chi connectivity index (χ2n) is 4.29. The van der Waals surface area contributed by atoms with Gasteiger partial charge in [-0.05, 0) is 25.8 Å². The Morgan fingerprint density at radius 3 is 3.06 bits per heavy atom. The van der Waals surface area contributed by atoms with Gasteiger partial charge in [0.05, 0.1) is 20.3 Å². The van der Waals surface area contributed by atoms with Crippen LogP contribution in [0.4, 0.5) is 0 Å². The van der Waals surface area contributed by atoms with Gasteiger partial charge in [-0.3, -0.25) is 9.69 Å². The number of nitrogens with zero attached hydrogens (tertiary/aromatic N) is 1. The Morgan fingerprint density at radius 1 is 1.53 bits per heavy atom. The second-order valence-corrected chi connectivity index (χ2v) is 4.29. The van der Waals surface area contributed by atoms with Crippen LogP contribution in [0.15, 0.2) is 12.7 Å². The van der Waals surface area contributed by atoms with Crippen molar-refractivity contribution < 1.29 is 14.3 Å². The van der Waals surface area contributed by atoms with E-state index >= 15 is 0 Å². The molecule has 17 heavy (non-hydrogen) atoms. The van der Waals surface area contributed by atoms with Crippen LogP contribution in [-0.2, 0) is 14.3 Å². The summed E-state index contributed by atoms with van der Waals surface area (Å²) in [6, 6.07) is -0.215. The minimum atomic E-state index is -0.215. The first-order valence-corrected chi connectivity index (χ1v) is 6.30. The van der Waals surface area contributed by atoms with Gasteiger partial charge in [0.2, 0.25) is 0 Å². The van der Waals surface area contributed by atoms with Crippen LogP contribution in [0.1, 0.15) is 25.7 Å². The van der Waals surface area contributed by atoms with Crippen molar-refractivity contribution in [1.29, 1.82) is 0 Å². The first kappa shape index (κ1) is 14.2. The summed E-state index contributed by atoms with van der Waals surface area (Å²) < 4.78 is 10.1. The highest BCUT2D eigenvalue weighted by Gasteiger charge is 2.29. The van der Waals surface area contributed by atoms with Crippen LogP contribution >= 0.6 is 0 Å². The van der Waals surface area contributed by atoms with Crippen LogP contribution in [0, 0.1) is 0 Å². The van der Waals surface area contributed by atoms with E-state index in [0.717, 1.165) is 25.9 Å². The van der Waals surface area contributed by atoms with Crippen LogP contribution in [0.5, 0.6) is 0 Å². The zero-order valence-corrected chi connectivity index (χ0v) is 10.7. The molecule has 4 nitrogen and oxygen atoms in total. The van der Waals surface area contributed by atoms with Crippen molar-refractivity contribution in [2.45, 2.75) is 31.7 Å². The molecule has 1 atom stereocenters. The summed E-state index contributed by atoms with van der Waals surface area (Å²) in [5.74, 6) is -0.184. The molecule has 0 radical (unpaired) electrons. The molecule has 1 rings (SSSR count). The number of morpholine rings is 1. The van der Waals surface area contributed by atoms with Gasteiger partial charge in [0, 0.05) is 6.54 Å². The average Bonchev–Trinajstić information content (AvgIpc) is 2.38. The molecular weight excluding hydrogens is 218 g/mol. The molecule has 0 N–H and O–H groups in total. The lowest BCUT2D eigenvalue weighted by atomic mass is 10.1. The number of hydrogen-bond acceptors (Lipinski definition) is 4. The Labute approximate surface area is 104 Å². The average molecular weight is 241 g/mol. The topological polar surface area (TPSA) is 38.8 Å². The molecule has 1 fully saturated rings. The third kappa shape index (κ3) is 4.88. The fraction of sp³-hybridized carbons (Fsp3) is 0.769. The minimum absolute atomic E-state index is 0.184. The number of unbranched alkanes of at least 4 members (excludes halogenated alkanes) is 3. The minimum Gasteiger partial charge on any atom is -0.468 e. The van der Waals surface area contributed by atoms with Gasteiger partial charge < -0.3 is 9.47 Å². The van der Waals surface area contributed by atoms with Gasteiger partial charge in [-0.25, -0.2) is 0 Å². The summed E-state index contributed by atoms with van der Waals surface area (Å²) in [5, 5.41) is 0. The predicted molar refractivity (Wildman–Crippen MR) is 66.9 cm³/mol. The van der Waals surface area contributed by atoms with Crippen molar-refractivity contribution >= 4 is 5.97 Å². The maximum Gasteiger partial charge on any atom is 0.325 e. The van der Waals surface area contributed by atoms with E-state index in [2.05, 4.69) is 11.5 Å². The fourth-order valence-electron chi connectivity index (χ4n) is 2.04. The highest BCUT2D eigenvalue weighted by atomic mass is 16.5.